The van der Waals surface area contributed by atoms with E-state index in [1.807, 2.05) is 0 Å². The van der Waals surface area contributed by atoms with E-state index in [0.717, 1.165) is 25.2 Å². The molecule has 0 aliphatic heterocycles. The number of aliphatic carboxylic acids is 1. The minimum atomic E-state index is -0.652. The van der Waals surface area contributed by atoms with E-state index in [9.17, 15) is 9.90 Å². The molecule has 0 heterocycles. The summed E-state index contributed by atoms with van der Waals surface area (Å²) in [4.78, 5) is 11.0. The number of carboxylic acids is 1. The van der Waals surface area contributed by atoms with Gasteiger partial charge < -0.3 is 10.2 Å². The molecule has 3 nitrogen and oxygen atoms in total. The summed E-state index contributed by atoms with van der Waals surface area (Å²) in [5.74, 6) is 1.93. The molecular weight excluding hydrogens is 336 g/mol. The first-order valence-corrected chi connectivity index (χ1v) is 11.4. The van der Waals surface area contributed by atoms with Crippen LogP contribution in [-0.4, -0.2) is 22.3 Å². The lowest BCUT2D eigenvalue weighted by molar-refractivity contribution is -0.137. The molecule has 2 N–H and O–H groups in total. The number of aliphatic hydroxyl groups is 1. The van der Waals surface area contributed by atoms with Gasteiger partial charge in [0, 0.05) is 6.42 Å². The van der Waals surface area contributed by atoms with Crippen LogP contribution in [0.3, 0.4) is 0 Å². The Bertz CT molecular complexity index is 638. The maximum absolute atomic E-state index is 11.0. The van der Waals surface area contributed by atoms with Crippen molar-refractivity contribution in [2.24, 2.45) is 34.5 Å². The van der Waals surface area contributed by atoms with Crippen LogP contribution < -0.4 is 0 Å². The van der Waals surface area contributed by atoms with Crippen molar-refractivity contribution in [3.05, 3.63) is 11.1 Å². The number of rotatable bonds is 4. The molecule has 3 heteroatoms. The number of allylic oxidation sites excluding steroid dienone is 2. The largest absolute Gasteiger partial charge is 0.481 e. The molecule has 0 unspecified atom stereocenters. The highest BCUT2D eigenvalue weighted by molar-refractivity contribution is 5.66. The molecular formula is C24H38O3. The summed E-state index contributed by atoms with van der Waals surface area (Å²) in [5.41, 5.74) is 4.29. The van der Waals surface area contributed by atoms with Crippen molar-refractivity contribution < 1.29 is 15.0 Å². The third-order valence-electron chi connectivity index (χ3n) is 9.54. The molecule has 0 aromatic heterocycles. The molecule has 0 spiro atoms. The van der Waals surface area contributed by atoms with Crippen molar-refractivity contribution in [3.63, 3.8) is 0 Å². The summed E-state index contributed by atoms with van der Waals surface area (Å²) in [6.45, 7) is 7.32. The molecule has 152 valence electrons. The lowest BCUT2D eigenvalue weighted by atomic mass is 9.50. The molecule has 7 atom stereocenters. The highest BCUT2D eigenvalue weighted by atomic mass is 16.4. The fraction of sp³-hybridized carbons (Fsp3) is 0.875. The zero-order chi connectivity index (χ0) is 19.4. The Labute approximate surface area is 164 Å². The summed E-state index contributed by atoms with van der Waals surface area (Å²) >= 11 is 0. The van der Waals surface area contributed by atoms with Gasteiger partial charge in [-0.15, -0.1) is 0 Å². The Hall–Kier alpha value is -0.830. The Balaban J connectivity index is 1.58. The van der Waals surface area contributed by atoms with E-state index >= 15 is 0 Å². The third kappa shape index (κ3) is 3.09. The summed E-state index contributed by atoms with van der Waals surface area (Å²) in [5, 5.41) is 19.3. The smallest absolute Gasteiger partial charge is 0.303 e. The van der Waals surface area contributed by atoms with Crippen molar-refractivity contribution in [1.29, 1.82) is 0 Å². The topological polar surface area (TPSA) is 57.5 Å². The molecule has 0 saturated heterocycles. The van der Waals surface area contributed by atoms with Gasteiger partial charge in [0.2, 0.25) is 0 Å². The van der Waals surface area contributed by atoms with Gasteiger partial charge in [-0.1, -0.05) is 31.9 Å². The van der Waals surface area contributed by atoms with Crippen LogP contribution in [0.4, 0.5) is 0 Å². The molecule has 0 aromatic rings. The van der Waals surface area contributed by atoms with E-state index in [-0.39, 0.29) is 6.10 Å². The fourth-order valence-corrected chi connectivity index (χ4v) is 7.97. The van der Waals surface area contributed by atoms with Crippen LogP contribution in [0.2, 0.25) is 0 Å². The van der Waals surface area contributed by atoms with Gasteiger partial charge in [-0.05, 0) is 98.7 Å². The van der Waals surface area contributed by atoms with E-state index in [2.05, 4.69) is 20.8 Å². The number of hydrogen-bond donors (Lipinski definition) is 2. The van der Waals surface area contributed by atoms with Crippen LogP contribution in [0.1, 0.15) is 91.4 Å². The van der Waals surface area contributed by atoms with Gasteiger partial charge >= 0.3 is 5.97 Å². The summed E-state index contributed by atoms with van der Waals surface area (Å²) in [6, 6.07) is 0. The van der Waals surface area contributed by atoms with E-state index in [1.165, 1.54) is 44.9 Å². The van der Waals surface area contributed by atoms with Gasteiger partial charge in [0.05, 0.1) is 6.10 Å². The van der Waals surface area contributed by atoms with Crippen molar-refractivity contribution in [2.45, 2.75) is 97.5 Å². The average Bonchev–Trinajstić information content (AvgIpc) is 2.97. The molecule has 2 saturated carbocycles. The third-order valence-corrected chi connectivity index (χ3v) is 9.54. The van der Waals surface area contributed by atoms with Crippen LogP contribution in [-0.2, 0) is 4.79 Å². The first kappa shape index (κ1) is 19.5. The Morgan fingerprint density at radius 3 is 2.67 bits per heavy atom. The van der Waals surface area contributed by atoms with Crippen molar-refractivity contribution in [3.8, 4) is 0 Å². The molecule has 4 aliphatic carbocycles. The molecule has 2 fully saturated rings. The van der Waals surface area contributed by atoms with Gasteiger partial charge in [-0.2, -0.15) is 0 Å². The predicted octanol–water partition coefficient (Wildman–Crippen LogP) is 5.57. The summed E-state index contributed by atoms with van der Waals surface area (Å²) < 4.78 is 0. The van der Waals surface area contributed by atoms with Gasteiger partial charge in [-0.3, -0.25) is 4.79 Å². The van der Waals surface area contributed by atoms with E-state index in [4.69, 9.17) is 5.11 Å². The molecule has 0 amide bonds. The van der Waals surface area contributed by atoms with Crippen LogP contribution in [0.15, 0.2) is 11.1 Å². The highest BCUT2D eigenvalue weighted by Gasteiger charge is 2.55. The van der Waals surface area contributed by atoms with Gasteiger partial charge in [-0.25, -0.2) is 0 Å². The van der Waals surface area contributed by atoms with Gasteiger partial charge in [0.1, 0.15) is 0 Å². The maximum atomic E-state index is 11.0. The van der Waals surface area contributed by atoms with E-state index < -0.39 is 5.97 Å². The Morgan fingerprint density at radius 2 is 1.93 bits per heavy atom. The van der Waals surface area contributed by atoms with Crippen molar-refractivity contribution >= 4 is 5.97 Å². The molecule has 0 aromatic carbocycles. The zero-order valence-corrected chi connectivity index (χ0v) is 17.5. The molecule has 0 radical (unpaired) electrons. The van der Waals surface area contributed by atoms with Gasteiger partial charge in [0.25, 0.3) is 0 Å². The van der Waals surface area contributed by atoms with Crippen LogP contribution in [0, 0.1) is 34.5 Å². The Kier molecular flexibility index (Phi) is 4.98. The number of carbonyl (C=O) groups is 1. The SMILES string of the molecule is C[C@H](CCC(=O)O)[C@H]1CC[C@H]2C3=C(CC[C@]12C)[C@@]1(C)CC[C@@H](O)C[C@H]1CC3. The van der Waals surface area contributed by atoms with Crippen LogP contribution in [0.5, 0.6) is 0 Å². The number of aliphatic hydroxyl groups excluding tert-OH is 1. The average molecular weight is 375 g/mol. The minimum absolute atomic E-state index is 0.0787. The molecule has 4 rings (SSSR count). The van der Waals surface area contributed by atoms with E-state index in [0.29, 0.717) is 35.0 Å². The lowest BCUT2D eigenvalue weighted by Gasteiger charge is -2.55. The highest BCUT2D eigenvalue weighted by Crippen LogP contribution is 2.65. The summed E-state index contributed by atoms with van der Waals surface area (Å²) in [7, 11) is 0. The standard InChI is InChI=1S/C24H38O3/c1-15(4-9-22(26)27)19-7-8-20-18-6-5-16-14-17(25)10-12-23(16,2)21(18)11-13-24(19,20)3/h15-17,19-20,25H,4-14H2,1-3H3,(H,26,27)/t15-,16-,17-,19-,20+,23+,24-/m1/s1. The first-order chi connectivity index (χ1) is 12.8. The van der Waals surface area contributed by atoms with Crippen molar-refractivity contribution in [1.82, 2.24) is 0 Å². The Morgan fingerprint density at radius 1 is 1.15 bits per heavy atom. The first-order valence-electron chi connectivity index (χ1n) is 11.4. The van der Waals surface area contributed by atoms with Crippen LogP contribution in [0.25, 0.3) is 0 Å². The van der Waals surface area contributed by atoms with Crippen LogP contribution >= 0.6 is 0 Å². The second kappa shape index (κ2) is 6.90. The summed E-state index contributed by atoms with van der Waals surface area (Å²) in [6.07, 6.45) is 11.8. The van der Waals surface area contributed by atoms with E-state index in [1.54, 1.807) is 11.1 Å². The minimum Gasteiger partial charge on any atom is -0.481 e. The molecule has 27 heavy (non-hydrogen) atoms. The number of hydrogen-bond acceptors (Lipinski definition) is 2. The second-order valence-corrected chi connectivity index (χ2v) is 10.7. The van der Waals surface area contributed by atoms with Gasteiger partial charge in [0.15, 0.2) is 0 Å². The lowest BCUT2D eigenvalue weighted by Crippen LogP contribution is -2.45. The van der Waals surface area contributed by atoms with Crippen molar-refractivity contribution in [2.75, 3.05) is 0 Å². The fourth-order valence-electron chi connectivity index (χ4n) is 7.97. The quantitative estimate of drug-likeness (QED) is 0.632. The predicted molar refractivity (Wildman–Crippen MR) is 107 cm³/mol. The normalized spacial score (nSPS) is 45.0. The number of fused-ring (bicyclic) bond motifs is 4. The zero-order valence-electron chi connectivity index (χ0n) is 17.5. The maximum Gasteiger partial charge on any atom is 0.303 e. The second-order valence-electron chi connectivity index (χ2n) is 10.7. The number of carboxylic acid groups (broad SMARTS) is 1. The molecule has 4 aliphatic rings. The molecule has 0 bridgehead atoms. The monoisotopic (exact) mass is 374 g/mol.